The second-order valence-corrected chi connectivity index (χ2v) is 4.20. The van der Waals surface area contributed by atoms with Crippen LogP contribution < -0.4 is 0 Å². The predicted molar refractivity (Wildman–Crippen MR) is 45.3 cm³/mol. The van der Waals surface area contributed by atoms with Crippen LogP contribution in [0.1, 0.15) is 19.3 Å². The molecule has 60 valence electrons. The molecule has 1 nitrogen and oxygen atoms in total. The van der Waals surface area contributed by atoms with Crippen LogP contribution in [0, 0.1) is 11.8 Å². The molecule has 3 aliphatic rings. The van der Waals surface area contributed by atoms with E-state index in [0.717, 1.165) is 17.9 Å². The van der Waals surface area contributed by atoms with Gasteiger partial charge >= 0.3 is 0 Å². The van der Waals surface area contributed by atoms with Crippen LogP contribution in [0.5, 0.6) is 0 Å². The maximum atomic E-state index is 2.71. The van der Waals surface area contributed by atoms with Gasteiger partial charge in [-0.2, -0.15) is 0 Å². The Morgan fingerprint density at radius 3 is 3.36 bits per heavy atom. The minimum Gasteiger partial charge on any atom is -0.299 e. The van der Waals surface area contributed by atoms with Gasteiger partial charge in [0.1, 0.15) is 0 Å². The van der Waals surface area contributed by atoms with Crippen molar-refractivity contribution in [2.45, 2.75) is 25.3 Å². The Hall–Kier alpha value is -0.300. The molecule has 3 atom stereocenters. The highest BCUT2D eigenvalue weighted by molar-refractivity contribution is 5.11. The smallest absolute Gasteiger partial charge is 0.0133 e. The topological polar surface area (TPSA) is 3.24 Å². The van der Waals surface area contributed by atoms with Crippen molar-refractivity contribution >= 4 is 0 Å². The quantitative estimate of drug-likeness (QED) is 0.473. The third-order valence-electron chi connectivity index (χ3n) is 3.70. The van der Waals surface area contributed by atoms with Crippen LogP contribution in [-0.4, -0.2) is 24.0 Å². The molecule has 0 radical (unpaired) electrons. The van der Waals surface area contributed by atoms with Crippen molar-refractivity contribution in [3.05, 3.63) is 12.2 Å². The van der Waals surface area contributed by atoms with E-state index in [1.54, 1.807) is 0 Å². The highest BCUT2D eigenvalue weighted by atomic mass is 15.2. The van der Waals surface area contributed by atoms with Gasteiger partial charge in [-0.15, -0.1) is 0 Å². The van der Waals surface area contributed by atoms with Gasteiger partial charge in [-0.3, -0.25) is 4.90 Å². The first-order valence-electron chi connectivity index (χ1n) is 4.86. The first kappa shape index (κ1) is 6.24. The molecule has 11 heavy (non-hydrogen) atoms. The minimum atomic E-state index is 0.931. The van der Waals surface area contributed by atoms with E-state index in [-0.39, 0.29) is 0 Å². The summed E-state index contributed by atoms with van der Waals surface area (Å²) in [5.41, 5.74) is 0. The van der Waals surface area contributed by atoms with E-state index in [0.29, 0.717) is 0 Å². The number of fused-ring (bicyclic) bond motifs is 3. The molecule has 0 amide bonds. The van der Waals surface area contributed by atoms with Crippen LogP contribution in [-0.2, 0) is 0 Å². The van der Waals surface area contributed by atoms with Crippen LogP contribution in [0.2, 0.25) is 0 Å². The molecular weight excluding hydrogens is 134 g/mol. The first-order valence-corrected chi connectivity index (χ1v) is 4.86. The van der Waals surface area contributed by atoms with Gasteiger partial charge in [-0.05, 0) is 37.6 Å². The van der Waals surface area contributed by atoms with Gasteiger partial charge in [0.2, 0.25) is 0 Å². The molecular formula is C10H15N. The Morgan fingerprint density at radius 2 is 2.36 bits per heavy atom. The molecule has 0 aromatic heterocycles. The fourth-order valence-corrected chi connectivity index (χ4v) is 3.20. The van der Waals surface area contributed by atoms with E-state index in [9.17, 15) is 0 Å². The van der Waals surface area contributed by atoms with Crippen molar-refractivity contribution in [1.82, 2.24) is 4.90 Å². The molecule has 0 saturated carbocycles. The Bertz CT molecular complexity index is 197. The van der Waals surface area contributed by atoms with Gasteiger partial charge in [-0.1, -0.05) is 12.2 Å². The van der Waals surface area contributed by atoms with Gasteiger partial charge in [0.25, 0.3) is 0 Å². The van der Waals surface area contributed by atoms with Crippen LogP contribution in [0.3, 0.4) is 0 Å². The Morgan fingerprint density at radius 1 is 1.36 bits per heavy atom. The Labute approximate surface area is 68.1 Å². The molecule has 0 aromatic carbocycles. The molecule has 0 aromatic rings. The van der Waals surface area contributed by atoms with Crippen LogP contribution >= 0.6 is 0 Å². The molecule has 1 aliphatic carbocycles. The molecule has 3 rings (SSSR count). The molecule has 3 unspecified atom stereocenters. The maximum Gasteiger partial charge on any atom is 0.0133 e. The Kier molecular flexibility index (Phi) is 1.19. The molecule has 0 bridgehead atoms. The van der Waals surface area contributed by atoms with E-state index in [2.05, 4.69) is 17.1 Å². The van der Waals surface area contributed by atoms with Gasteiger partial charge in [0.15, 0.2) is 0 Å². The van der Waals surface area contributed by atoms with E-state index < -0.39 is 0 Å². The summed E-state index contributed by atoms with van der Waals surface area (Å²) in [6.07, 6.45) is 9.14. The zero-order valence-corrected chi connectivity index (χ0v) is 6.87. The third-order valence-corrected chi connectivity index (χ3v) is 3.70. The van der Waals surface area contributed by atoms with E-state index >= 15 is 0 Å². The van der Waals surface area contributed by atoms with Crippen LogP contribution in [0.15, 0.2) is 12.2 Å². The predicted octanol–water partition coefficient (Wildman–Crippen LogP) is 1.66. The molecule has 0 spiro atoms. The van der Waals surface area contributed by atoms with Crippen molar-refractivity contribution in [3.8, 4) is 0 Å². The lowest BCUT2D eigenvalue weighted by molar-refractivity contribution is 0.292. The van der Waals surface area contributed by atoms with Gasteiger partial charge < -0.3 is 0 Å². The summed E-state index contributed by atoms with van der Waals surface area (Å²) in [4.78, 5) is 2.71. The summed E-state index contributed by atoms with van der Waals surface area (Å²) in [6, 6.07) is 0.968. The molecule has 2 saturated heterocycles. The number of hydrogen-bond donors (Lipinski definition) is 0. The van der Waals surface area contributed by atoms with Gasteiger partial charge in [-0.25, -0.2) is 0 Å². The summed E-state index contributed by atoms with van der Waals surface area (Å²) in [5, 5.41) is 0. The molecule has 0 N–H and O–H groups in total. The maximum absolute atomic E-state index is 2.71. The fourth-order valence-electron chi connectivity index (χ4n) is 3.20. The first-order chi connectivity index (χ1) is 5.45. The van der Waals surface area contributed by atoms with Gasteiger partial charge in [0, 0.05) is 12.6 Å². The van der Waals surface area contributed by atoms with E-state index in [1.807, 2.05) is 0 Å². The van der Waals surface area contributed by atoms with Crippen molar-refractivity contribution in [1.29, 1.82) is 0 Å². The number of nitrogens with zero attached hydrogens (tertiary/aromatic N) is 1. The molecule has 1 heteroatoms. The lowest BCUT2D eigenvalue weighted by Crippen LogP contribution is -2.25. The van der Waals surface area contributed by atoms with Crippen molar-refractivity contribution in [2.75, 3.05) is 13.1 Å². The normalized spacial score (nSPS) is 48.2. The lowest BCUT2D eigenvalue weighted by atomic mass is 9.92. The summed E-state index contributed by atoms with van der Waals surface area (Å²) in [7, 11) is 0. The summed E-state index contributed by atoms with van der Waals surface area (Å²) >= 11 is 0. The summed E-state index contributed by atoms with van der Waals surface area (Å²) in [5.74, 6) is 1.94. The molecule has 2 aliphatic heterocycles. The fraction of sp³-hybridized carbons (Fsp3) is 0.800. The van der Waals surface area contributed by atoms with Crippen molar-refractivity contribution in [2.24, 2.45) is 11.8 Å². The zero-order valence-electron chi connectivity index (χ0n) is 6.87. The number of allylic oxidation sites excluding steroid dienone is 1. The largest absolute Gasteiger partial charge is 0.299 e. The zero-order chi connectivity index (χ0) is 7.26. The van der Waals surface area contributed by atoms with Crippen molar-refractivity contribution < 1.29 is 0 Å². The standard InChI is InChI=1S/C10H15N/c1-3-8-7-11-6-2-5-10(11)9(8)4-1/h1,3,8-10H,2,4-7H2. The second kappa shape index (κ2) is 2.10. The van der Waals surface area contributed by atoms with Crippen LogP contribution in [0.25, 0.3) is 0 Å². The molecule has 2 fully saturated rings. The SMILES string of the molecule is C1=CC2CN3CCCC3C2C1. The Balaban J connectivity index is 1.87. The minimum absolute atomic E-state index is 0.931. The highest BCUT2D eigenvalue weighted by Crippen LogP contribution is 2.42. The van der Waals surface area contributed by atoms with E-state index in [1.165, 1.54) is 32.4 Å². The summed E-state index contributed by atoms with van der Waals surface area (Å²) < 4.78 is 0. The number of rotatable bonds is 0. The monoisotopic (exact) mass is 149 g/mol. The highest BCUT2D eigenvalue weighted by Gasteiger charge is 2.43. The molecule has 2 heterocycles. The average Bonchev–Trinajstić information content (AvgIpc) is 2.52. The average molecular weight is 149 g/mol. The number of hydrogen-bond acceptors (Lipinski definition) is 1. The van der Waals surface area contributed by atoms with E-state index in [4.69, 9.17) is 0 Å². The third kappa shape index (κ3) is 0.750. The van der Waals surface area contributed by atoms with Crippen LogP contribution in [0.4, 0.5) is 0 Å². The van der Waals surface area contributed by atoms with Crippen molar-refractivity contribution in [3.63, 3.8) is 0 Å². The second-order valence-electron chi connectivity index (χ2n) is 4.20. The summed E-state index contributed by atoms with van der Waals surface area (Å²) in [6.45, 7) is 2.75. The van der Waals surface area contributed by atoms with Gasteiger partial charge in [0.05, 0.1) is 0 Å². The lowest BCUT2D eigenvalue weighted by Gasteiger charge is -2.17.